The molecule has 4 rings (SSSR count). The molecule has 1 saturated heterocycles. The summed E-state index contributed by atoms with van der Waals surface area (Å²) in [6.07, 6.45) is 2.40. The van der Waals surface area contributed by atoms with Crippen LogP contribution in [-0.4, -0.2) is 48.4 Å². The molecule has 0 radical (unpaired) electrons. The maximum Gasteiger partial charge on any atom is 0.234 e. The van der Waals surface area contributed by atoms with Crippen molar-refractivity contribution in [3.8, 4) is 6.07 Å². The molecule has 2 aromatic carbocycles. The average Bonchev–Trinajstić information content (AvgIpc) is 3.60. The summed E-state index contributed by atoms with van der Waals surface area (Å²) in [5.74, 6) is 0.717. The van der Waals surface area contributed by atoms with Crippen molar-refractivity contribution in [2.45, 2.75) is 32.4 Å². The Morgan fingerprint density at radius 1 is 1.03 bits per heavy atom. The van der Waals surface area contributed by atoms with Crippen LogP contribution in [0.15, 0.2) is 48.5 Å². The zero-order valence-corrected chi connectivity index (χ0v) is 17.7. The van der Waals surface area contributed by atoms with Crippen molar-refractivity contribution in [1.29, 1.82) is 5.26 Å². The van der Waals surface area contributed by atoms with Gasteiger partial charge in [-0.15, -0.1) is 0 Å². The predicted molar refractivity (Wildman–Crippen MR) is 118 cm³/mol. The van der Waals surface area contributed by atoms with Gasteiger partial charge in [0.1, 0.15) is 0 Å². The molecule has 1 saturated carbocycles. The number of nitrogens with one attached hydrogen (secondary N) is 1. The van der Waals surface area contributed by atoms with Gasteiger partial charge in [0.15, 0.2) is 0 Å². The van der Waals surface area contributed by atoms with Crippen molar-refractivity contribution in [2.75, 3.05) is 32.7 Å². The van der Waals surface area contributed by atoms with Gasteiger partial charge in [-0.1, -0.05) is 42.0 Å². The number of hydrogen-bond acceptors (Lipinski definition) is 4. The van der Waals surface area contributed by atoms with Crippen LogP contribution in [0.3, 0.4) is 0 Å². The largest absolute Gasteiger partial charge is 0.348 e. The maximum atomic E-state index is 12.7. The van der Waals surface area contributed by atoms with E-state index < -0.39 is 0 Å². The molecule has 1 N–H and O–H groups in total. The number of nitrogens with zero attached hydrogens (tertiary/aromatic N) is 3. The summed E-state index contributed by atoms with van der Waals surface area (Å²) < 4.78 is 0. The second kappa shape index (κ2) is 9.42. The van der Waals surface area contributed by atoms with Crippen molar-refractivity contribution >= 4 is 5.91 Å². The Bertz CT molecular complexity index is 888. The Balaban J connectivity index is 1.24. The Labute approximate surface area is 179 Å². The average molecular weight is 403 g/mol. The molecule has 30 heavy (non-hydrogen) atoms. The zero-order valence-electron chi connectivity index (χ0n) is 17.7. The molecule has 0 aromatic heterocycles. The third-order valence-electron chi connectivity index (χ3n) is 6.17. The van der Waals surface area contributed by atoms with E-state index >= 15 is 0 Å². The number of amides is 1. The summed E-state index contributed by atoms with van der Waals surface area (Å²) in [5.41, 5.74) is 4.40. The maximum absolute atomic E-state index is 12.7. The first-order chi connectivity index (χ1) is 14.6. The van der Waals surface area contributed by atoms with E-state index in [0.29, 0.717) is 18.0 Å². The Kier molecular flexibility index (Phi) is 6.47. The van der Waals surface area contributed by atoms with Gasteiger partial charge in [-0.3, -0.25) is 14.6 Å². The molecule has 5 heteroatoms. The molecular weight excluding hydrogens is 372 g/mol. The quantitative estimate of drug-likeness (QED) is 0.772. The summed E-state index contributed by atoms with van der Waals surface area (Å²) in [7, 11) is 0. The second-order valence-electron chi connectivity index (χ2n) is 8.65. The topological polar surface area (TPSA) is 59.4 Å². The molecule has 1 heterocycles. The van der Waals surface area contributed by atoms with Crippen LogP contribution in [0.5, 0.6) is 0 Å². The van der Waals surface area contributed by atoms with Gasteiger partial charge in [-0.05, 0) is 48.9 Å². The number of rotatable bonds is 7. The minimum Gasteiger partial charge on any atom is -0.348 e. The first-order valence-electron chi connectivity index (χ1n) is 10.9. The van der Waals surface area contributed by atoms with Crippen molar-refractivity contribution in [2.24, 2.45) is 5.92 Å². The van der Waals surface area contributed by atoms with E-state index in [-0.39, 0.29) is 11.9 Å². The molecule has 1 amide bonds. The standard InChI is InChI=1S/C25H30N4O/c1-19-2-8-22(9-3-19)25(23-10-11-23)27-24(30)18-29-14-12-28(13-15-29)17-21-6-4-20(16-26)5-7-21/h2-9,23,25H,10-15,17-18H2,1H3,(H,27,30). The third-order valence-corrected chi connectivity index (χ3v) is 6.17. The summed E-state index contributed by atoms with van der Waals surface area (Å²) in [6.45, 7) is 7.18. The fraction of sp³-hybridized carbons (Fsp3) is 0.440. The van der Waals surface area contributed by atoms with E-state index in [1.165, 1.54) is 29.5 Å². The Morgan fingerprint density at radius 3 is 2.27 bits per heavy atom. The highest BCUT2D eigenvalue weighted by Gasteiger charge is 2.33. The highest BCUT2D eigenvalue weighted by molar-refractivity contribution is 5.78. The van der Waals surface area contributed by atoms with Crippen LogP contribution in [0.4, 0.5) is 0 Å². The number of carbonyl (C=O) groups is 1. The lowest BCUT2D eigenvalue weighted by molar-refractivity contribution is -0.123. The van der Waals surface area contributed by atoms with E-state index in [9.17, 15) is 4.79 Å². The lowest BCUT2D eigenvalue weighted by Gasteiger charge is -2.34. The van der Waals surface area contributed by atoms with Crippen LogP contribution in [0.25, 0.3) is 0 Å². The van der Waals surface area contributed by atoms with Crippen LogP contribution >= 0.6 is 0 Å². The second-order valence-corrected chi connectivity index (χ2v) is 8.65. The number of hydrogen-bond donors (Lipinski definition) is 1. The summed E-state index contributed by atoms with van der Waals surface area (Å²) in [6, 6.07) is 18.7. The van der Waals surface area contributed by atoms with E-state index in [2.05, 4.69) is 52.4 Å². The molecule has 0 spiro atoms. The van der Waals surface area contributed by atoms with Crippen molar-refractivity contribution < 1.29 is 4.79 Å². The molecule has 0 bridgehead atoms. The van der Waals surface area contributed by atoms with Gasteiger partial charge >= 0.3 is 0 Å². The number of aryl methyl sites for hydroxylation is 1. The zero-order chi connectivity index (χ0) is 20.9. The SMILES string of the molecule is Cc1ccc(C(NC(=O)CN2CCN(Cc3ccc(C#N)cc3)CC2)C2CC2)cc1. The molecule has 5 nitrogen and oxygen atoms in total. The molecule has 2 aromatic rings. The predicted octanol–water partition coefficient (Wildman–Crippen LogP) is 3.25. The van der Waals surface area contributed by atoms with Gasteiger partial charge in [-0.25, -0.2) is 0 Å². The lowest BCUT2D eigenvalue weighted by atomic mass is 10.0. The summed E-state index contributed by atoms with van der Waals surface area (Å²) in [4.78, 5) is 17.4. The highest BCUT2D eigenvalue weighted by Crippen LogP contribution is 2.41. The monoisotopic (exact) mass is 402 g/mol. The summed E-state index contributed by atoms with van der Waals surface area (Å²) >= 11 is 0. The number of piperazine rings is 1. The van der Waals surface area contributed by atoms with E-state index in [0.717, 1.165) is 32.7 Å². The van der Waals surface area contributed by atoms with Gasteiger partial charge in [0.05, 0.1) is 24.2 Å². The van der Waals surface area contributed by atoms with Crippen molar-refractivity contribution in [1.82, 2.24) is 15.1 Å². The molecule has 1 aliphatic carbocycles. The first kappa shape index (κ1) is 20.6. The van der Waals surface area contributed by atoms with Crippen LogP contribution in [0, 0.1) is 24.2 Å². The number of benzene rings is 2. The van der Waals surface area contributed by atoms with E-state index in [1.54, 1.807) is 0 Å². The molecule has 1 unspecified atom stereocenters. The normalized spacial score (nSPS) is 18.5. The molecule has 2 aliphatic rings. The van der Waals surface area contributed by atoms with E-state index in [4.69, 9.17) is 5.26 Å². The van der Waals surface area contributed by atoms with Crippen LogP contribution in [-0.2, 0) is 11.3 Å². The number of carbonyl (C=O) groups excluding carboxylic acids is 1. The smallest absolute Gasteiger partial charge is 0.234 e. The molecule has 156 valence electrons. The van der Waals surface area contributed by atoms with Crippen LogP contribution in [0.2, 0.25) is 0 Å². The summed E-state index contributed by atoms with van der Waals surface area (Å²) in [5, 5.41) is 12.2. The molecule has 1 aliphatic heterocycles. The minimum atomic E-state index is 0.132. The fourth-order valence-electron chi connectivity index (χ4n) is 4.15. The highest BCUT2D eigenvalue weighted by atomic mass is 16.2. The van der Waals surface area contributed by atoms with Gasteiger partial charge < -0.3 is 5.32 Å². The van der Waals surface area contributed by atoms with Gasteiger partial charge in [-0.2, -0.15) is 5.26 Å². The van der Waals surface area contributed by atoms with Crippen molar-refractivity contribution in [3.05, 3.63) is 70.8 Å². The number of nitriles is 1. The van der Waals surface area contributed by atoms with Crippen LogP contribution < -0.4 is 5.32 Å². The Hall–Kier alpha value is -2.68. The van der Waals surface area contributed by atoms with Gasteiger partial charge in [0, 0.05) is 32.7 Å². The first-order valence-corrected chi connectivity index (χ1v) is 10.9. The molecule has 1 atom stereocenters. The molecular formula is C25H30N4O. The van der Waals surface area contributed by atoms with Crippen LogP contribution in [0.1, 0.15) is 41.1 Å². The van der Waals surface area contributed by atoms with Gasteiger partial charge in [0.25, 0.3) is 0 Å². The van der Waals surface area contributed by atoms with E-state index in [1.807, 2.05) is 24.3 Å². The fourth-order valence-corrected chi connectivity index (χ4v) is 4.15. The van der Waals surface area contributed by atoms with Gasteiger partial charge in [0.2, 0.25) is 5.91 Å². The van der Waals surface area contributed by atoms with Crippen molar-refractivity contribution in [3.63, 3.8) is 0 Å². The lowest BCUT2D eigenvalue weighted by Crippen LogP contribution is -2.49. The molecule has 2 fully saturated rings. The minimum absolute atomic E-state index is 0.132. The Morgan fingerprint density at radius 2 is 1.67 bits per heavy atom. The third kappa shape index (κ3) is 5.47.